The number of fused-ring (bicyclic) bond motifs is 1. The van der Waals surface area contributed by atoms with Crippen LogP contribution in [0.2, 0.25) is 0 Å². The Morgan fingerprint density at radius 1 is 1.05 bits per heavy atom. The number of nitrogens with zero attached hydrogens (tertiary/aromatic N) is 3. The fourth-order valence-electron chi connectivity index (χ4n) is 5.30. The maximum Gasteiger partial charge on any atom is 0.303 e. The van der Waals surface area contributed by atoms with E-state index in [9.17, 15) is 9.59 Å². The molecule has 1 saturated carbocycles. The summed E-state index contributed by atoms with van der Waals surface area (Å²) in [5, 5.41) is 9.55. The van der Waals surface area contributed by atoms with Gasteiger partial charge in [0.2, 0.25) is 5.88 Å². The zero-order valence-corrected chi connectivity index (χ0v) is 22.0. The Morgan fingerprint density at radius 2 is 1.79 bits per heavy atom. The van der Waals surface area contributed by atoms with Gasteiger partial charge in [0.1, 0.15) is 18.0 Å². The van der Waals surface area contributed by atoms with E-state index in [2.05, 4.69) is 34.2 Å². The normalized spacial score (nSPS) is 19.4. The van der Waals surface area contributed by atoms with Crippen LogP contribution in [0.3, 0.4) is 0 Å². The van der Waals surface area contributed by atoms with Gasteiger partial charge in [-0.15, -0.1) is 0 Å². The second-order valence-corrected chi connectivity index (χ2v) is 10.9. The minimum absolute atomic E-state index is 0.129. The SMILES string of the molecule is Nc1nc(SCCc2ccccc2)nc2c1C(=O)N(c1ccc([C@H]3CC[C@H](CC(=O)O)CC3)cc1)CCO2. The molecule has 0 radical (unpaired) electrons. The van der Waals surface area contributed by atoms with Gasteiger partial charge >= 0.3 is 5.97 Å². The summed E-state index contributed by atoms with van der Waals surface area (Å²) in [4.78, 5) is 35.1. The number of rotatable bonds is 8. The molecule has 5 rings (SSSR count). The van der Waals surface area contributed by atoms with Crippen LogP contribution in [0.5, 0.6) is 5.88 Å². The Hall–Kier alpha value is -3.59. The van der Waals surface area contributed by atoms with Crippen LogP contribution in [0.15, 0.2) is 59.8 Å². The number of anilines is 2. The lowest BCUT2D eigenvalue weighted by atomic mass is 9.77. The van der Waals surface area contributed by atoms with Crippen LogP contribution in [0.25, 0.3) is 0 Å². The van der Waals surface area contributed by atoms with Crippen molar-refractivity contribution < 1.29 is 19.4 Å². The number of carbonyl (C=O) groups is 2. The molecule has 3 N–H and O–H groups in total. The predicted octanol–water partition coefficient (Wildman–Crippen LogP) is 5.18. The standard InChI is InChI=1S/C29H32N4O4S/c30-26-25-27(32-29(31-26)38-17-14-19-4-2-1-3-5-19)37-16-15-33(28(25)36)23-12-10-22(11-13-23)21-8-6-20(7-9-21)18-24(34)35/h1-5,10-13,20-21H,6-9,14-18H2,(H,34,35)(H2,30,31,32)/t20-,21-. The summed E-state index contributed by atoms with van der Waals surface area (Å²) in [6.45, 7) is 0.684. The van der Waals surface area contributed by atoms with Crippen molar-refractivity contribution in [3.63, 3.8) is 0 Å². The minimum Gasteiger partial charge on any atom is -0.481 e. The number of amides is 1. The largest absolute Gasteiger partial charge is 0.481 e. The van der Waals surface area contributed by atoms with Gasteiger partial charge in [-0.25, -0.2) is 4.98 Å². The summed E-state index contributed by atoms with van der Waals surface area (Å²) in [6, 6.07) is 18.3. The Bertz CT molecular complexity index is 1280. The number of hydrogen-bond acceptors (Lipinski definition) is 7. The molecule has 0 atom stereocenters. The number of aliphatic carboxylic acids is 1. The highest BCUT2D eigenvalue weighted by molar-refractivity contribution is 7.99. The maximum absolute atomic E-state index is 13.5. The fourth-order valence-corrected chi connectivity index (χ4v) is 6.13. The first-order valence-corrected chi connectivity index (χ1v) is 14.1. The number of carboxylic acid groups (broad SMARTS) is 1. The van der Waals surface area contributed by atoms with Crippen LogP contribution >= 0.6 is 11.8 Å². The van der Waals surface area contributed by atoms with E-state index in [1.165, 1.54) is 22.9 Å². The van der Waals surface area contributed by atoms with E-state index in [1.54, 1.807) is 4.90 Å². The van der Waals surface area contributed by atoms with Crippen molar-refractivity contribution in [2.75, 3.05) is 29.5 Å². The van der Waals surface area contributed by atoms with Crippen molar-refractivity contribution in [3.05, 3.63) is 71.3 Å². The van der Waals surface area contributed by atoms with E-state index in [0.717, 1.165) is 43.5 Å². The van der Waals surface area contributed by atoms with Gasteiger partial charge in [0, 0.05) is 17.9 Å². The molecule has 0 saturated heterocycles. The zero-order valence-electron chi connectivity index (χ0n) is 21.2. The molecule has 0 spiro atoms. The molecule has 1 aromatic heterocycles. The molecule has 9 heteroatoms. The highest BCUT2D eigenvalue weighted by Crippen LogP contribution is 2.38. The average Bonchev–Trinajstić information content (AvgIpc) is 3.08. The molecule has 8 nitrogen and oxygen atoms in total. The first-order valence-electron chi connectivity index (χ1n) is 13.1. The van der Waals surface area contributed by atoms with Gasteiger partial charge < -0.3 is 20.5 Å². The van der Waals surface area contributed by atoms with Gasteiger partial charge in [-0.2, -0.15) is 4.98 Å². The van der Waals surface area contributed by atoms with E-state index in [4.69, 9.17) is 15.6 Å². The lowest BCUT2D eigenvalue weighted by molar-refractivity contribution is -0.138. The second kappa shape index (κ2) is 11.9. The number of aryl methyl sites for hydroxylation is 1. The summed E-state index contributed by atoms with van der Waals surface area (Å²) in [7, 11) is 0. The van der Waals surface area contributed by atoms with E-state index in [-0.39, 0.29) is 35.5 Å². The smallest absolute Gasteiger partial charge is 0.303 e. The molecule has 2 aliphatic rings. The Kier molecular flexibility index (Phi) is 8.12. The highest BCUT2D eigenvalue weighted by atomic mass is 32.2. The number of hydrogen-bond donors (Lipinski definition) is 2. The molecular formula is C29H32N4O4S. The first-order chi connectivity index (χ1) is 18.5. The van der Waals surface area contributed by atoms with Gasteiger partial charge in [-0.05, 0) is 67.2 Å². The molecule has 0 bridgehead atoms. The highest BCUT2D eigenvalue weighted by Gasteiger charge is 2.30. The Balaban J connectivity index is 1.25. The molecule has 1 fully saturated rings. The lowest BCUT2D eigenvalue weighted by Gasteiger charge is -2.28. The number of carbonyl (C=O) groups excluding carboxylic acids is 1. The maximum atomic E-state index is 13.5. The molecule has 198 valence electrons. The van der Waals surface area contributed by atoms with Crippen molar-refractivity contribution in [3.8, 4) is 5.88 Å². The van der Waals surface area contributed by atoms with E-state index in [0.29, 0.717) is 24.2 Å². The van der Waals surface area contributed by atoms with Gasteiger partial charge in [0.25, 0.3) is 5.91 Å². The number of carboxylic acids is 1. The van der Waals surface area contributed by atoms with Crippen molar-refractivity contribution >= 4 is 35.1 Å². The lowest BCUT2D eigenvalue weighted by Crippen LogP contribution is -2.32. The molecule has 38 heavy (non-hydrogen) atoms. The summed E-state index contributed by atoms with van der Waals surface area (Å²) in [5.41, 5.74) is 9.70. The molecule has 3 aromatic rings. The molecule has 2 aromatic carbocycles. The van der Waals surface area contributed by atoms with Gasteiger partial charge in [-0.3, -0.25) is 9.59 Å². The Morgan fingerprint density at radius 3 is 2.50 bits per heavy atom. The number of nitrogen functional groups attached to an aromatic ring is 1. The van der Waals surface area contributed by atoms with E-state index < -0.39 is 5.97 Å². The second-order valence-electron chi connectivity index (χ2n) is 9.87. The van der Waals surface area contributed by atoms with Crippen molar-refractivity contribution in [1.29, 1.82) is 0 Å². The van der Waals surface area contributed by atoms with Crippen LogP contribution in [0.1, 0.15) is 59.5 Å². The summed E-state index contributed by atoms with van der Waals surface area (Å²) >= 11 is 1.49. The van der Waals surface area contributed by atoms with Crippen LogP contribution in [0, 0.1) is 5.92 Å². The molecule has 1 aliphatic heterocycles. The van der Waals surface area contributed by atoms with Crippen LogP contribution in [-0.2, 0) is 11.2 Å². The van der Waals surface area contributed by atoms with Gasteiger partial charge in [-0.1, -0.05) is 54.2 Å². The van der Waals surface area contributed by atoms with Crippen molar-refractivity contribution in [2.24, 2.45) is 5.92 Å². The fraction of sp³-hybridized carbons (Fsp3) is 0.379. The van der Waals surface area contributed by atoms with Crippen molar-refractivity contribution in [1.82, 2.24) is 9.97 Å². The van der Waals surface area contributed by atoms with E-state index >= 15 is 0 Å². The van der Waals surface area contributed by atoms with E-state index in [1.807, 2.05) is 30.3 Å². The summed E-state index contributed by atoms with van der Waals surface area (Å²) in [6.07, 6.45) is 4.97. The summed E-state index contributed by atoms with van der Waals surface area (Å²) in [5.74, 6) is 0.863. The monoisotopic (exact) mass is 532 g/mol. The minimum atomic E-state index is -0.713. The van der Waals surface area contributed by atoms with Crippen molar-refractivity contribution in [2.45, 2.75) is 49.6 Å². The quantitative estimate of drug-likeness (QED) is 0.301. The van der Waals surface area contributed by atoms with Crippen LogP contribution < -0.4 is 15.4 Å². The number of aromatic nitrogens is 2. The molecule has 2 heterocycles. The molecule has 1 amide bonds. The molecular weight excluding hydrogens is 500 g/mol. The molecule has 0 unspecified atom stereocenters. The van der Waals surface area contributed by atoms with Crippen LogP contribution in [0.4, 0.5) is 11.5 Å². The zero-order chi connectivity index (χ0) is 26.5. The van der Waals surface area contributed by atoms with Gasteiger partial charge in [0.05, 0.1) is 6.54 Å². The number of ether oxygens (including phenoxy) is 1. The summed E-state index contributed by atoms with van der Waals surface area (Å²) < 4.78 is 5.86. The third kappa shape index (κ3) is 6.10. The van der Waals surface area contributed by atoms with Gasteiger partial charge in [0.15, 0.2) is 5.16 Å². The average molecular weight is 533 g/mol. The van der Waals surface area contributed by atoms with Crippen LogP contribution in [-0.4, -0.2) is 45.9 Å². The third-order valence-electron chi connectivity index (χ3n) is 7.35. The predicted molar refractivity (Wildman–Crippen MR) is 148 cm³/mol. The topological polar surface area (TPSA) is 119 Å². The number of thioether (sulfide) groups is 1. The molecule has 1 aliphatic carbocycles. The number of nitrogens with two attached hydrogens (primary N) is 1. The Labute approximate surface area is 226 Å². The third-order valence-corrected chi connectivity index (χ3v) is 8.20. The first kappa shape index (κ1) is 26.0. The number of benzene rings is 2.